The van der Waals surface area contributed by atoms with E-state index in [1.54, 1.807) is 0 Å². The number of unbranched alkanes of at least 4 members (excludes halogenated alkanes) is 15. The Hall–Kier alpha value is -1.38. The maximum Gasteiger partial charge on any atom is 0.317 e. The van der Waals surface area contributed by atoms with Crippen molar-refractivity contribution in [2.45, 2.75) is 148 Å². The quantitative estimate of drug-likeness (QED) is 0.0682. The van der Waals surface area contributed by atoms with E-state index in [2.05, 4.69) is 27.8 Å². The molecule has 3 N–H and O–H groups in total. The second kappa shape index (κ2) is 25.1. The van der Waals surface area contributed by atoms with Crippen LogP contribution in [0.4, 0.5) is 4.79 Å². The summed E-state index contributed by atoms with van der Waals surface area (Å²) < 4.78 is 6.05. The van der Waals surface area contributed by atoms with Crippen LogP contribution in [0.15, 0.2) is 0 Å². The van der Waals surface area contributed by atoms with Gasteiger partial charge in [0, 0.05) is 51.9 Å². The van der Waals surface area contributed by atoms with Crippen molar-refractivity contribution in [2.75, 3.05) is 52.4 Å². The summed E-state index contributed by atoms with van der Waals surface area (Å²) in [4.78, 5) is 28.4. The summed E-state index contributed by atoms with van der Waals surface area (Å²) in [5.74, 6) is 0. The summed E-state index contributed by atoms with van der Waals surface area (Å²) in [6.07, 6.45) is 26.3. The lowest BCUT2D eigenvalue weighted by molar-refractivity contribution is -0.114. The number of rotatable bonds is 25. The number of carbonyl (C=O) groups is 2. The first-order valence-corrected chi connectivity index (χ1v) is 17.5. The van der Waals surface area contributed by atoms with Gasteiger partial charge in [0.25, 0.3) is 0 Å². The van der Waals surface area contributed by atoms with Gasteiger partial charge in [-0.05, 0) is 32.1 Å². The minimum atomic E-state index is -0.300. The molecule has 0 aliphatic carbocycles. The number of hydrogen-bond acceptors (Lipinski definition) is 5. The van der Waals surface area contributed by atoms with Crippen molar-refractivity contribution in [3.63, 3.8) is 0 Å². The molecule has 0 aromatic rings. The van der Waals surface area contributed by atoms with Gasteiger partial charge in [0.05, 0.1) is 6.61 Å². The summed E-state index contributed by atoms with van der Waals surface area (Å²) in [7, 11) is 0. The fourth-order valence-corrected chi connectivity index (χ4v) is 6.24. The van der Waals surface area contributed by atoms with Gasteiger partial charge in [0.15, 0.2) is 0 Å². The predicted octanol–water partition coefficient (Wildman–Crippen LogP) is 6.20. The van der Waals surface area contributed by atoms with E-state index in [4.69, 9.17) is 4.74 Å². The minimum Gasteiger partial charge on any atom is -0.357 e. The van der Waals surface area contributed by atoms with Gasteiger partial charge >= 0.3 is 6.03 Å². The smallest absolute Gasteiger partial charge is 0.317 e. The number of ether oxygens (including phenoxy) is 1. The van der Waals surface area contributed by atoms with Gasteiger partial charge in [-0.3, -0.25) is 9.69 Å². The van der Waals surface area contributed by atoms with Gasteiger partial charge in [0.2, 0.25) is 6.41 Å². The molecule has 0 saturated carbocycles. The molecule has 0 spiro atoms. The van der Waals surface area contributed by atoms with Crippen molar-refractivity contribution < 1.29 is 14.3 Å². The van der Waals surface area contributed by atoms with Gasteiger partial charge in [0.1, 0.15) is 6.23 Å². The number of urea groups is 1. The van der Waals surface area contributed by atoms with Crippen molar-refractivity contribution >= 4 is 12.4 Å². The SMILES string of the molecule is CCCCCCCCCCCCCCCCCCNC(=O)N1CCCCC1CCOC(CN1CCNCC1)NC=O. The van der Waals surface area contributed by atoms with Crippen LogP contribution >= 0.6 is 0 Å². The molecule has 41 heavy (non-hydrogen) atoms. The standard InChI is InChI=1S/C33H65N5O3/c1-2-3-4-5-6-7-8-9-10-11-12-13-14-15-16-18-22-35-33(40)38-25-19-17-20-31(38)21-28-41-32(36-30-39)29-37-26-23-34-24-27-37/h30-32,34H,2-29H2,1H3,(H,35,40)(H,36,39). The number of carbonyl (C=O) groups excluding carboxylic acids is 2. The Balaban J connectivity index is 1.46. The summed E-state index contributed by atoms with van der Waals surface area (Å²) in [6.45, 7) is 9.01. The largest absolute Gasteiger partial charge is 0.357 e. The molecule has 0 aromatic heterocycles. The summed E-state index contributed by atoms with van der Waals surface area (Å²) in [5.41, 5.74) is 0. The number of hydrogen-bond donors (Lipinski definition) is 3. The molecule has 2 saturated heterocycles. The van der Waals surface area contributed by atoms with E-state index in [0.717, 1.165) is 77.8 Å². The lowest BCUT2D eigenvalue weighted by Crippen LogP contribution is -2.51. The fraction of sp³-hybridized carbons (Fsp3) is 0.939. The Morgan fingerprint density at radius 2 is 1.44 bits per heavy atom. The average Bonchev–Trinajstić information content (AvgIpc) is 2.99. The molecular formula is C33H65N5O3. The highest BCUT2D eigenvalue weighted by molar-refractivity contribution is 5.74. The third-order valence-corrected chi connectivity index (χ3v) is 8.85. The molecular weight excluding hydrogens is 514 g/mol. The van der Waals surface area contributed by atoms with Crippen molar-refractivity contribution in [2.24, 2.45) is 0 Å². The summed E-state index contributed by atoms with van der Waals surface area (Å²) in [5, 5.41) is 9.35. The van der Waals surface area contributed by atoms with Gasteiger partial charge in [-0.15, -0.1) is 0 Å². The Kier molecular flexibility index (Phi) is 22.0. The van der Waals surface area contributed by atoms with E-state index in [0.29, 0.717) is 13.2 Å². The molecule has 2 aliphatic rings. The van der Waals surface area contributed by atoms with E-state index < -0.39 is 0 Å². The van der Waals surface area contributed by atoms with E-state index in [9.17, 15) is 9.59 Å². The molecule has 0 radical (unpaired) electrons. The number of amides is 3. The Morgan fingerprint density at radius 3 is 2.02 bits per heavy atom. The van der Waals surface area contributed by atoms with Crippen molar-refractivity contribution in [1.29, 1.82) is 0 Å². The number of likely N-dealkylation sites (tertiary alicyclic amines) is 1. The maximum absolute atomic E-state index is 12.9. The zero-order valence-corrected chi connectivity index (χ0v) is 26.7. The Morgan fingerprint density at radius 1 is 0.854 bits per heavy atom. The van der Waals surface area contributed by atoms with Gasteiger partial charge in [-0.2, -0.15) is 0 Å². The number of piperidine rings is 1. The van der Waals surface area contributed by atoms with E-state index in [1.807, 2.05) is 4.90 Å². The molecule has 3 amide bonds. The highest BCUT2D eigenvalue weighted by atomic mass is 16.5. The second-order valence-electron chi connectivity index (χ2n) is 12.4. The molecule has 2 atom stereocenters. The van der Waals surface area contributed by atoms with Crippen molar-refractivity contribution in [1.82, 2.24) is 25.8 Å². The second-order valence-corrected chi connectivity index (χ2v) is 12.4. The first kappa shape index (κ1) is 35.8. The molecule has 2 unspecified atom stereocenters. The van der Waals surface area contributed by atoms with Crippen LogP contribution in [-0.4, -0.2) is 86.9 Å². The minimum absolute atomic E-state index is 0.0824. The molecule has 2 rings (SSSR count). The van der Waals surface area contributed by atoms with E-state index in [-0.39, 0.29) is 18.3 Å². The third-order valence-electron chi connectivity index (χ3n) is 8.85. The van der Waals surface area contributed by atoms with Gasteiger partial charge < -0.3 is 25.6 Å². The molecule has 8 nitrogen and oxygen atoms in total. The molecule has 8 heteroatoms. The monoisotopic (exact) mass is 580 g/mol. The number of nitrogens with one attached hydrogen (secondary N) is 3. The third kappa shape index (κ3) is 18.0. The lowest BCUT2D eigenvalue weighted by atomic mass is 10.00. The fourth-order valence-electron chi connectivity index (χ4n) is 6.24. The molecule has 2 fully saturated rings. The first-order valence-electron chi connectivity index (χ1n) is 17.5. The number of nitrogens with zero attached hydrogens (tertiary/aromatic N) is 2. The van der Waals surface area contributed by atoms with Crippen LogP contribution in [0.2, 0.25) is 0 Å². The topological polar surface area (TPSA) is 85.9 Å². The zero-order valence-electron chi connectivity index (χ0n) is 26.7. The lowest BCUT2D eigenvalue weighted by Gasteiger charge is -2.36. The highest BCUT2D eigenvalue weighted by Gasteiger charge is 2.26. The van der Waals surface area contributed by atoms with Crippen LogP contribution in [-0.2, 0) is 9.53 Å². The van der Waals surface area contributed by atoms with Crippen LogP contribution in [0, 0.1) is 0 Å². The van der Waals surface area contributed by atoms with Gasteiger partial charge in [-0.1, -0.05) is 103 Å². The van der Waals surface area contributed by atoms with Crippen LogP contribution in [0.1, 0.15) is 135 Å². The van der Waals surface area contributed by atoms with E-state index in [1.165, 1.54) is 96.3 Å². The predicted molar refractivity (Wildman–Crippen MR) is 170 cm³/mol. The van der Waals surface area contributed by atoms with Crippen molar-refractivity contribution in [3.8, 4) is 0 Å². The van der Waals surface area contributed by atoms with Crippen LogP contribution in [0.5, 0.6) is 0 Å². The molecule has 0 bridgehead atoms. The average molecular weight is 580 g/mol. The first-order chi connectivity index (χ1) is 20.2. The van der Waals surface area contributed by atoms with Crippen molar-refractivity contribution in [3.05, 3.63) is 0 Å². The normalized spacial score (nSPS) is 18.8. The molecule has 2 aliphatic heterocycles. The van der Waals surface area contributed by atoms with Crippen LogP contribution in [0.3, 0.4) is 0 Å². The van der Waals surface area contributed by atoms with Crippen LogP contribution in [0.25, 0.3) is 0 Å². The summed E-state index contributed by atoms with van der Waals surface area (Å²) in [6, 6.07) is 0.296. The molecule has 240 valence electrons. The molecule has 0 aromatic carbocycles. The van der Waals surface area contributed by atoms with Gasteiger partial charge in [-0.25, -0.2) is 4.79 Å². The highest BCUT2D eigenvalue weighted by Crippen LogP contribution is 2.20. The maximum atomic E-state index is 12.9. The number of piperazine rings is 1. The van der Waals surface area contributed by atoms with Crippen LogP contribution < -0.4 is 16.0 Å². The molecule has 2 heterocycles. The Bertz CT molecular complexity index is 632. The summed E-state index contributed by atoms with van der Waals surface area (Å²) >= 11 is 0. The zero-order chi connectivity index (χ0) is 29.2. The van der Waals surface area contributed by atoms with E-state index >= 15 is 0 Å². The Labute approximate surface area is 252 Å².